The van der Waals surface area contributed by atoms with E-state index in [1.54, 1.807) is 6.92 Å². The Labute approximate surface area is 88.2 Å². The minimum absolute atomic E-state index is 0.0919. The third kappa shape index (κ3) is 4.26. The molecule has 0 aromatic rings. The monoisotopic (exact) mass is 215 g/mol. The Bertz CT molecular complexity index is 253. The SMILES string of the molecule is CC(NCC(N)C(=O)O)C(=O)NC1CC1. The van der Waals surface area contributed by atoms with Crippen LogP contribution in [0.2, 0.25) is 0 Å². The summed E-state index contributed by atoms with van der Waals surface area (Å²) in [4.78, 5) is 21.8. The van der Waals surface area contributed by atoms with Crippen LogP contribution in [0.15, 0.2) is 0 Å². The van der Waals surface area contributed by atoms with E-state index in [4.69, 9.17) is 10.8 Å². The molecule has 1 fully saturated rings. The molecule has 1 rings (SSSR count). The number of aliphatic carboxylic acids is 1. The zero-order valence-electron chi connectivity index (χ0n) is 8.69. The standard InChI is InChI=1S/C9H17N3O3/c1-5(8(13)12-6-2-3-6)11-4-7(10)9(14)15/h5-7,11H,2-4,10H2,1H3,(H,12,13)(H,14,15). The average molecular weight is 215 g/mol. The smallest absolute Gasteiger partial charge is 0.321 e. The summed E-state index contributed by atoms with van der Waals surface area (Å²) < 4.78 is 0. The molecule has 2 unspecified atom stereocenters. The Morgan fingerprint density at radius 1 is 1.53 bits per heavy atom. The maximum absolute atomic E-state index is 11.4. The second-order valence-corrected chi connectivity index (χ2v) is 3.86. The normalized spacial score (nSPS) is 19.3. The van der Waals surface area contributed by atoms with E-state index in [1.165, 1.54) is 0 Å². The predicted octanol–water partition coefficient (Wildman–Crippen LogP) is -1.34. The number of amides is 1. The molecule has 1 aliphatic rings. The first-order valence-corrected chi connectivity index (χ1v) is 5.03. The first-order chi connectivity index (χ1) is 7.00. The van der Waals surface area contributed by atoms with Gasteiger partial charge in [-0.3, -0.25) is 9.59 Å². The Hall–Kier alpha value is -1.14. The molecule has 0 aromatic carbocycles. The van der Waals surface area contributed by atoms with E-state index < -0.39 is 18.1 Å². The van der Waals surface area contributed by atoms with Gasteiger partial charge in [-0.2, -0.15) is 0 Å². The van der Waals surface area contributed by atoms with E-state index in [-0.39, 0.29) is 12.5 Å². The first-order valence-electron chi connectivity index (χ1n) is 5.03. The van der Waals surface area contributed by atoms with Crippen LogP contribution in [0.5, 0.6) is 0 Å². The van der Waals surface area contributed by atoms with Crippen molar-refractivity contribution in [2.75, 3.05) is 6.54 Å². The van der Waals surface area contributed by atoms with Gasteiger partial charge in [0, 0.05) is 12.6 Å². The number of hydrogen-bond acceptors (Lipinski definition) is 4. The highest BCUT2D eigenvalue weighted by molar-refractivity contribution is 5.82. The molecule has 1 amide bonds. The van der Waals surface area contributed by atoms with Crippen molar-refractivity contribution in [3.8, 4) is 0 Å². The number of rotatable bonds is 6. The fourth-order valence-electron chi connectivity index (χ4n) is 1.04. The topological polar surface area (TPSA) is 104 Å². The van der Waals surface area contributed by atoms with E-state index in [1.807, 2.05) is 0 Å². The van der Waals surface area contributed by atoms with Crippen LogP contribution in [0, 0.1) is 0 Å². The quantitative estimate of drug-likeness (QED) is 0.439. The lowest BCUT2D eigenvalue weighted by molar-refractivity contribution is -0.138. The number of hydrogen-bond donors (Lipinski definition) is 4. The highest BCUT2D eigenvalue weighted by atomic mass is 16.4. The van der Waals surface area contributed by atoms with Crippen LogP contribution in [-0.4, -0.2) is 41.7 Å². The molecule has 6 nitrogen and oxygen atoms in total. The van der Waals surface area contributed by atoms with Gasteiger partial charge in [0.1, 0.15) is 6.04 Å². The molecule has 2 atom stereocenters. The van der Waals surface area contributed by atoms with Gasteiger partial charge in [-0.1, -0.05) is 0 Å². The molecule has 0 radical (unpaired) electrons. The van der Waals surface area contributed by atoms with E-state index in [2.05, 4.69) is 10.6 Å². The molecule has 0 aliphatic heterocycles. The zero-order chi connectivity index (χ0) is 11.4. The van der Waals surface area contributed by atoms with Crippen LogP contribution < -0.4 is 16.4 Å². The van der Waals surface area contributed by atoms with Crippen LogP contribution in [0.1, 0.15) is 19.8 Å². The third-order valence-corrected chi connectivity index (χ3v) is 2.28. The van der Waals surface area contributed by atoms with Crippen molar-refractivity contribution in [3.05, 3.63) is 0 Å². The summed E-state index contributed by atoms with van der Waals surface area (Å²) >= 11 is 0. The Morgan fingerprint density at radius 3 is 2.60 bits per heavy atom. The highest BCUT2D eigenvalue weighted by Gasteiger charge is 2.25. The Kier molecular flexibility index (Phi) is 4.05. The second kappa shape index (κ2) is 5.09. The molecule has 0 heterocycles. The van der Waals surface area contributed by atoms with Gasteiger partial charge in [0.25, 0.3) is 0 Å². The van der Waals surface area contributed by atoms with Gasteiger partial charge >= 0.3 is 5.97 Å². The van der Waals surface area contributed by atoms with Crippen molar-refractivity contribution in [2.45, 2.75) is 37.9 Å². The molecular formula is C9H17N3O3. The predicted molar refractivity (Wildman–Crippen MR) is 54.2 cm³/mol. The van der Waals surface area contributed by atoms with Crippen molar-refractivity contribution < 1.29 is 14.7 Å². The molecule has 1 aliphatic carbocycles. The van der Waals surface area contributed by atoms with Crippen LogP contribution in [0.4, 0.5) is 0 Å². The number of nitrogens with two attached hydrogens (primary N) is 1. The molecule has 0 aromatic heterocycles. The van der Waals surface area contributed by atoms with E-state index in [0.29, 0.717) is 6.04 Å². The molecule has 0 spiro atoms. The van der Waals surface area contributed by atoms with Crippen molar-refractivity contribution in [1.82, 2.24) is 10.6 Å². The van der Waals surface area contributed by atoms with Crippen molar-refractivity contribution >= 4 is 11.9 Å². The fraction of sp³-hybridized carbons (Fsp3) is 0.778. The largest absolute Gasteiger partial charge is 0.480 e. The summed E-state index contributed by atoms with van der Waals surface area (Å²) in [6.07, 6.45) is 2.07. The molecule has 1 saturated carbocycles. The van der Waals surface area contributed by atoms with E-state index >= 15 is 0 Å². The van der Waals surface area contributed by atoms with Gasteiger partial charge in [0.05, 0.1) is 6.04 Å². The number of nitrogens with one attached hydrogen (secondary N) is 2. The summed E-state index contributed by atoms with van der Waals surface area (Å²) in [7, 11) is 0. The summed E-state index contributed by atoms with van der Waals surface area (Å²) in [5.74, 6) is -1.17. The summed E-state index contributed by atoms with van der Waals surface area (Å²) in [5.41, 5.74) is 5.28. The van der Waals surface area contributed by atoms with E-state index in [9.17, 15) is 9.59 Å². The zero-order valence-corrected chi connectivity index (χ0v) is 8.69. The summed E-state index contributed by atoms with van der Waals surface area (Å²) in [6.45, 7) is 1.78. The lowest BCUT2D eigenvalue weighted by atomic mass is 10.2. The maximum atomic E-state index is 11.4. The minimum Gasteiger partial charge on any atom is -0.480 e. The minimum atomic E-state index is -1.07. The summed E-state index contributed by atoms with van der Waals surface area (Å²) in [5, 5.41) is 14.1. The van der Waals surface area contributed by atoms with Gasteiger partial charge in [-0.05, 0) is 19.8 Å². The second-order valence-electron chi connectivity index (χ2n) is 3.86. The number of carboxylic acid groups (broad SMARTS) is 1. The molecule has 0 bridgehead atoms. The molecule has 0 saturated heterocycles. The molecule has 6 heteroatoms. The van der Waals surface area contributed by atoms with Crippen molar-refractivity contribution in [3.63, 3.8) is 0 Å². The van der Waals surface area contributed by atoms with Crippen molar-refractivity contribution in [2.24, 2.45) is 5.73 Å². The number of carboxylic acids is 1. The number of carbonyl (C=O) groups excluding carboxylic acids is 1. The Balaban J connectivity index is 2.18. The maximum Gasteiger partial charge on any atom is 0.321 e. The van der Waals surface area contributed by atoms with Gasteiger partial charge in [0.15, 0.2) is 0 Å². The molecule has 5 N–H and O–H groups in total. The van der Waals surface area contributed by atoms with Crippen molar-refractivity contribution in [1.29, 1.82) is 0 Å². The molecular weight excluding hydrogens is 198 g/mol. The summed E-state index contributed by atoms with van der Waals surface area (Å²) in [6, 6.07) is -1.06. The van der Waals surface area contributed by atoms with Crippen LogP contribution >= 0.6 is 0 Å². The lowest BCUT2D eigenvalue weighted by Gasteiger charge is -2.15. The average Bonchev–Trinajstić information content (AvgIpc) is 2.96. The van der Waals surface area contributed by atoms with Gasteiger partial charge in [-0.15, -0.1) is 0 Å². The lowest BCUT2D eigenvalue weighted by Crippen LogP contribution is -2.49. The fourth-order valence-corrected chi connectivity index (χ4v) is 1.04. The van der Waals surface area contributed by atoms with Gasteiger partial charge < -0.3 is 21.5 Å². The molecule has 86 valence electrons. The van der Waals surface area contributed by atoms with Gasteiger partial charge in [0.2, 0.25) is 5.91 Å². The molecule has 15 heavy (non-hydrogen) atoms. The first kappa shape index (κ1) is 11.9. The third-order valence-electron chi connectivity index (χ3n) is 2.28. The van der Waals surface area contributed by atoms with Crippen LogP contribution in [0.25, 0.3) is 0 Å². The highest BCUT2D eigenvalue weighted by Crippen LogP contribution is 2.18. The van der Waals surface area contributed by atoms with Crippen LogP contribution in [-0.2, 0) is 9.59 Å². The Morgan fingerprint density at radius 2 is 2.13 bits per heavy atom. The van der Waals surface area contributed by atoms with Crippen LogP contribution in [0.3, 0.4) is 0 Å². The number of carbonyl (C=O) groups is 2. The van der Waals surface area contributed by atoms with E-state index in [0.717, 1.165) is 12.8 Å². The van der Waals surface area contributed by atoms with Gasteiger partial charge in [-0.25, -0.2) is 0 Å².